The highest BCUT2D eigenvalue weighted by atomic mass is 15.0. The highest BCUT2D eigenvalue weighted by Gasteiger charge is 2.05. The number of nitrogens with one attached hydrogen (secondary N) is 1. The van der Waals surface area contributed by atoms with Crippen molar-refractivity contribution in [2.45, 2.75) is 33.1 Å². The van der Waals surface area contributed by atoms with Crippen LogP contribution < -0.4 is 5.32 Å². The van der Waals surface area contributed by atoms with Gasteiger partial charge < -0.3 is 5.32 Å². The van der Waals surface area contributed by atoms with E-state index in [4.69, 9.17) is 0 Å². The zero-order chi connectivity index (χ0) is 13.5. The van der Waals surface area contributed by atoms with Crippen LogP contribution in [0, 0.1) is 0 Å². The summed E-state index contributed by atoms with van der Waals surface area (Å²) in [4.78, 5) is 13.4. The van der Waals surface area contributed by atoms with Gasteiger partial charge in [-0.05, 0) is 25.0 Å². The van der Waals surface area contributed by atoms with Crippen LogP contribution in [-0.2, 0) is 12.8 Å². The molecule has 0 atom stereocenters. The number of rotatable bonds is 6. The molecule has 0 fully saturated rings. The van der Waals surface area contributed by atoms with Crippen molar-refractivity contribution >= 4 is 5.82 Å². The average molecular weight is 256 g/mol. The first kappa shape index (κ1) is 13.5. The van der Waals surface area contributed by atoms with Gasteiger partial charge in [-0.3, -0.25) is 4.98 Å². The molecule has 2 aromatic heterocycles. The predicted molar refractivity (Wildman–Crippen MR) is 77.2 cm³/mol. The largest absolute Gasteiger partial charge is 0.370 e. The lowest BCUT2D eigenvalue weighted by Crippen LogP contribution is -2.08. The third-order valence-corrected chi connectivity index (χ3v) is 2.81. The molecule has 2 rings (SSSR count). The Hall–Kier alpha value is -1.97. The maximum Gasteiger partial charge on any atom is 0.136 e. The topological polar surface area (TPSA) is 50.7 Å². The molecule has 0 unspecified atom stereocenters. The molecule has 0 aliphatic carbocycles. The first-order chi connectivity index (χ1) is 9.31. The quantitative estimate of drug-likeness (QED) is 0.863. The molecule has 2 aromatic rings. The van der Waals surface area contributed by atoms with Crippen molar-refractivity contribution < 1.29 is 0 Å². The van der Waals surface area contributed by atoms with E-state index >= 15 is 0 Å². The normalized spacial score (nSPS) is 10.4. The Kier molecular flexibility index (Phi) is 4.84. The van der Waals surface area contributed by atoms with E-state index in [1.165, 1.54) is 0 Å². The fraction of sp³-hybridized carbons (Fsp3) is 0.400. The Labute approximate surface area is 114 Å². The molecular weight excluding hydrogens is 236 g/mol. The molecule has 100 valence electrons. The summed E-state index contributed by atoms with van der Waals surface area (Å²) in [6.45, 7) is 5.18. The minimum atomic E-state index is 0.676. The van der Waals surface area contributed by atoms with Crippen molar-refractivity contribution in [2.24, 2.45) is 0 Å². The summed E-state index contributed by atoms with van der Waals surface area (Å²) < 4.78 is 0. The number of pyridine rings is 1. The van der Waals surface area contributed by atoms with Crippen LogP contribution in [0.4, 0.5) is 5.82 Å². The number of nitrogens with zero attached hydrogens (tertiary/aromatic N) is 3. The number of hydrogen-bond donors (Lipinski definition) is 1. The highest BCUT2D eigenvalue weighted by molar-refractivity contribution is 5.36. The summed E-state index contributed by atoms with van der Waals surface area (Å²) in [6, 6.07) is 7.93. The van der Waals surface area contributed by atoms with Crippen LogP contribution in [0.2, 0.25) is 0 Å². The minimum Gasteiger partial charge on any atom is -0.370 e. The minimum absolute atomic E-state index is 0.676. The van der Waals surface area contributed by atoms with Gasteiger partial charge >= 0.3 is 0 Å². The maximum atomic E-state index is 4.56. The lowest BCUT2D eigenvalue weighted by Gasteiger charge is -2.08. The summed E-state index contributed by atoms with van der Waals surface area (Å²) in [7, 11) is 0. The van der Waals surface area contributed by atoms with E-state index < -0.39 is 0 Å². The van der Waals surface area contributed by atoms with Gasteiger partial charge in [-0.15, -0.1) is 0 Å². The molecule has 0 saturated heterocycles. The standard InChI is InChI=1S/C15H20N4/c1-3-8-17-14-10-12(4-2)18-15(19-14)11-13-7-5-6-9-16-13/h5-7,9-10H,3-4,8,11H2,1-2H3,(H,17,18,19). The van der Waals surface area contributed by atoms with Crippen LogP contribution in [0.5, 0.6) is 0 Å². The van der Waals surface area contributed by atoms with Gasteiger partial charge in [0.1, 0.15) is 11.6 Å². The first-order valence-corrected chi connectivity index (χ1v) is 6.82. The lowest BCUT2D eigenvalue weighted by molar-refractivity contribution is 0.879. The van der Waals surface area contributed by atoms with Gasteiger partial charge in [0.15, 0.2) is 0 Å². The fourth-order valence-electron chi connectivity index (χ4n) is 1.82. The molecule has 0 radical (unpaired) electrons. The zero-order valence-electron chi connectivity index (χ0n) is 11.6. The number of aryl methyl sites for hydroxylation is 1. The van der Waals surface area contributed by atoms with Gasteiger partial charge in [-0.25, -0.2) is 9.97 Å². The first-order valence-electron chi connectivity index (χ1n) is 6.82. The Morgan fingerprint density at radius 1 is 1.11 bits per heavy atom. The summed E-state index contributed by atoms with van der Waals surface area (Å²) in [5.74, 6) is 1.75. The second-order valence-corrected chi connectivity index (χ2v) is 4.44. The maximum absolute atomic E-state index is 4.56. The molecule has 0 aliphatic heterocycles. The molecule has 0 bridgehead atoms. The summed E-state index contributed by atoms with van der Waals surface area (Å²) in [5.41, 5.74) is 2.07. The van der Waals surface area contributed by atoms with Gasteiger partial charge in [-0.1, -0.05) is 19.9 Å². The third kappa shape index (κ3) is 4.02. The molecule has 0 amide bonds. The van der Waals surface area contributed by atoms with Crippen LogP contribution in [0.25, 0.3) is 0 Å². The van der Waals surface area contributed by atoms with E-state index in [2.05, 4.69) is 34.1 Å². The van der Waals surface area contributed by atoms with Gasteiger partial charge in [0, 0.05) is 30.2 Å². The third-order valence-electron chi connectivity index (χ3n) is 2.81. The molecule has 2 heterocycles. The van der Waals surface area contributed by atoms with E-state index in [9.17, 15) is 0 Å². The second kappa shape index (κ2) is 6.83. The smallest absolute Gasteiger partial charge is 0.136 e. The van der Waals surface area contributed by atoms with Gasteiger partial charge in [0.05, 0.1) is 6.42 Å². The second-order valence-electron chi connectivity index (χ2n) is 4.44. The van der Waals surface area contributed by atoms with E-state index in [-0.39, 0.29) is 0 Å². The van der Waals surface area contributed by atoms with Gasteiger partial charge in [0.2, 0.25) is 0 Å². The number of anilines is 1. The molecule has 0 saturated carbocycles. The van der Waals surface area contributed by atoms with Crippen molar-refractivity contribution in [1.29, 1.82) is 0 Å². The Bertz CT molecular complexity index is 511. The Morgan fingerprint density at radius 2 is 2.00 bits per heavy atom. The number of hydrogen-bond acceptors (Lipinski definition) is 4. The van der Waals surface area contributed by atoms with E-state index in [1.54, 1.807) is 6.20 Å². The van der Waals surface area contributed by atoms with Crippen LogP contribution >= 0.6 is 0 Å². The zero-order valence-corrected chi connectivity index (χ0v) is 11.6. The monoisotopic (exact) mass is 256 g/mol. The molecule has 4 nitrogen and oxygen atoms in total. The molecule has 19 heavy (non-hydrogen) atoms. The van der Waals surface area contributed by atoms with Crippen molar-refractivity contribution in [3.63, 3.8) is 0 Å². The Morgan fingerprint density at radius 3 is 2.68 bits per heavy atom. The number of aromatic nitrogens is 3. The molecular formula is C15H20N4. The van der Waals surface area contributed by atoms with Gasteiger partial charge in [0.25, 0.3) is 0 Å². The van der Waals surface area contributed by atoms with E-state index in [0.29, 0.717) is 6.42 Å². The summed E-state index contributed by atoms with van der Waals surface area (Å²) in [5, 5.41) is 3.32. The van der Waals surface area contributed by atoms with E-state index in [0.717, 1.165) is 42.4 Å². The van der Waals surface area contributed by atoms with Crippen molar-refractivity contribution in [3.05, 3.63) is 47.7 Å². The molecule has 0 aliphatic rings. The van der Waals surface area contributed by atoms with Crippen molar-refractivity contribution in [3.8, 4) is 0 Å². The fourth-order valence-corrected chi connectivity index (χ4v) is 1.82. The SMILES string of the molecule is CCCNc1cc(CC)nc(Cc2ccccn2)n1. The van der Waals surface area contributed by atoms with Crippen LogP contribution in [0.1, 0.15) is 37.5 Å². The summed E-state index contributed by atoms with van der Waals surface area (Å²) in [6.07, 6.45) is 4.48. The molecule has 0 spiro atoms. The molecule has 1 N–H and O–H groups in total. The van der Waals surface area contributed by atoms with Crippen LogP contribution in [0.3, 0.4) is 0 Å². The van der Waals surface area contributed by atoms with E-state index in [1.807, 2.05) is 24.3 Å². The lowest BCUT2D eigenvalue weighted by atomic mass is 10.2. The van der Waals surface area contributed by atoms with Crippen LogP contribution in [-0.4, -0.2) is 21.5 Å². The summed E-state index contributed by atoms with van der Waals surface area (Å²) >= 11 is 0. The molecule has 4 heteroatoms. The highest BCUT2D eigenvalue weighted by Crippen LogP contribution is 2.10. The van der Waals surface area contributed by atoms with Crippen LogP contribution in [0.15, 0.2) is 30.5 Å². The molecule has 0 aromatic carbocycles. The van der Waals surface area contributed by atoms with Gasteiger partial charge in [-0.2, -0.15) is 0 Å². The van der Waals surface area contributed by atoms with Crippen molar-refractivity contribution in [1.82, 2.24) is 15.0 Å². The Balaban J connectivity index is 2.19. The average Bonchev–Trinajstić information content (AvgIpc) is 2.46. The van der Waals surface area contributed by atoms with Crippen molar-refractivity contribution in [2.75, 3.05) is 11.9 Å². The predicted octanol–water partition coefficient (Wildman–Crippen LogP) is 2.85.